The minimum atomic E-state index is -0.142. The zero-order chi connectivity index (χ0) is 19.0. The van der Waals surface area contributed by atoms with Crippen LogP contribution in [0.15, 0.2) is 54.9 Å². The van der Waals surface area contributed by atoms with Gasteiger partial charge in [0, 0.05) is 12.4 Å². The van der Waals surface area contributed by atoms with Gasteiger partial charge >= 0.3 is 0 Å². The van der Waals surface area contributed by atoms with Gasteiger partial charge in [-0.3, -0.25) is 4.79 Å². The van der Waals surface area contributed by atoms with Gasteiger partial charge in [0.2, 0.25) is 0 Å². The van der Waals surface area contributed by atoms with Crippen LogP contribution >= 0.6 is 0 Å². The number of benzene rings is 2. The third-order valence-corrected chi connectivity index (χ3v) is 5.70. The predicted molar refractivity (Wildman–Crippen MR) is 108 cm³/mol. The average molecular weight is 361 g/mol. The van der Waals surface area contributed by atoms with E-state index in [1.807, 2.05) is 22.3 Å². The van der Waals surface area contributed by atoms with E-state index in [1.165, 1.54) is 27.8 Å². The Morgan fingerprint density at radius 2 is 1.85 bits per heavy atom. The van der Waals surface area contributed by atoms with Crippen molar-refractivity contribution in [1.82, 2.24) is 15.3 Å². The Kier molecular flexibility index (Phi) is 4.75. The summed E-state index contributed by atoms with van der Waals surface area (Å²) in [6, 6.07) is 15.2. The van der Waals surface area contributed by atoms with Gasteiger partial charge in [0.1, 0.15) is 6.04 Å². The molecule has 0 aromatic heterocycles. The van der Waals surface area contributed by atoms with Crippen LogP contribution in [0.4, 0.5) is 0 Å². The number of fused-ring (bicyclic) bond motifs is 1. The van der Waals surface area contributed by atoms with Gasteiger partial charge < -0.3 is 9.91 Å². The summed E-state index contributed by atoms with van der Waals surface area (Å²) in [7, 11) is 0. The lowest BCUT2D eigenvalue weighted by Crippen LogP contribution is -2.47. The van der Waals surface area contributed by atoms with Gasteiger partial charge in [0.15, 0.2) is 0 Å². The Hall–Kier alpha value is -2.59. The SMILES string of the molecule is CCc1ccc(C2CC3C(=O)N(Cc4ccc(C)cc4C)C=CN3N2)cc1. The highest BCUT2D eigenvalue weighted by atomic mass is 16.2. The molecule has 0 aliphatic carbocycles. The van der Waals surface area contributed by atoms with Crippen LogP contribution in [0.3, 0.4) is 0 Å². The number of rotatable bonds is 4. The summed E-state index contributed by atoms with van der Waals surface area (Å²) in [6.45, 7) is 7.00. The van der Waals surface area contributed by atoms with Crippen LogP contribution < -0.4 is 5.43 Å². The molecule has 4 heteroatoms. The molecule has 2 aromatic carbocycles. The molecular formula is C23H27N3O. The van der Waals surface area contributed by atoms with Gasteiger partial charge in [-0.05, 0) is 48.9 Å². The molecule has 140 valence electrons. The van der Waals surface area contributed by atoms with Crippen molar-refractivity contribution in [2.45, 2.75) is 52.2 Å². The van der Waals surface area contributed by atoms with Gasteiger partial charge in [-0.15, -0.1) is 0 Å². The van der Waals surface area contributed by atoms with Gasteiger partial charge in [0.05, 0.1) is 12.6 Å². The maximum absolute atomic E-state index is 13.1. The highest BCUT2D eigenvalue weighted by Crippen LogP contribution is 2.31. The first-order valence-corrected chi connectivity index (χ1v) is 9.73. The summed E-state index contributed by atoms with van der Waals surface area (Å²) in [5.74, 6) is 0.164. The molecule has 4 rings (SSSR count). The van der Waals surface area contributed by atoms with E-state index in [1.54, 1.807) is 0 Å². The van der Waals surface area contributed by atoms with Crippen molar-refractivity contribution in [2.24, 2.45) is 0 Å². The fourth-order valence-corrected chi connectivity index (χ4v) is 3.98. The van der Waals surface area contributed by atoms with E-state index < -0.39 is 0 Å². The molecule has 0 radical (unpaired) electrons. The summed E-state index contributed by atoms with van der Waals surface area (Å²) in [5.41, 5.74) is 9.74. The standard InChI is InChI=1S/C23H27N3O/c1-4-18-6-9-19(10-7-18)21-14-22-23(27)25(11-12-26(22)24-21)15-20-8-5-16(2)13-17(20)3/h5-13,21-22,24H,4,14-15H2,1-3H3. The smallest absolute Gasteiger partial charge is 0.251 e. The molecule has 2 aromatic rings. The fraction of sp³-hybridized carbons (Fsp3) is 0.348. The Bertz CT molecular complexity index is 872. The number of hydrazine groups is 1. The van der Waals surface area contributed by atoms with Crippen LogP contribution in [-0.4, -0.2) is 21.9 Å². The first-order chi connectivity index (χ1) is 13.0. The summed E-state index contributed by atoms with van der Waals surface area (Å²) in [6.07, 6.45) is 5.73. The third-order valence-electron chi connectivity index (χ3n) is 5.70. The molecule has 0 saturated carbocycles. The molecule has 0 bridgehead atoms. The number of amides is 1. The van der Waals surface area contributed by atoms with E-state index >= 15 is 0 Å². The van der Waals surface area contributed by atoms with E-state index in [4.69, 9.17) is 0 Å². The fourth-order valence-electron chi connectivity index (χ4n) is 3.98. The highest BCUT2D eigenvalue weighted by Gasteiger charge is 2.39. The summed E-state index contributed by atoms with van der Waals surface area (Å²) in [4.78, 5) is 14.9. The molecule has 1 saturated heterocycles. The van der Waals surface area contributed by atoms with Crippen molar-refractivity contribution in [1.29, 1.82) is 0 Å². The number of aryl methyl sites for hydroxylation is 3. The predicted octanol–water partition coefficient (Wildman–Crippen LogP) is 4.00. The van der Waals surface area contributed by atoms with Crippen LogP contribution in [0, 0.1) is 13.8 Å². The van der Waals surface area contributed by atoms with Crippen LogP contribution in [0.1, 0.15) is 47.2 Å². The van der Waals surface area contributed by atoms with Crippen LogP contribution in [-0.2, 0) is 17.8 Å². The molecule has 27 heavy (non-hydrogen) atoms. The van der Waals surface area contributed by atoms with Crippen LogP contribution in [0.5, 0.6) is 0 Å². The largest absolute Gasteiger partial charge is 0.311 e. The second-order valence-electron chi connectivity index (χ2n) is 7.63. The van der Waals surface area contributed by atoms with Crippen LogP contribution in [0.2, 0.25) is 0 Å². The topological polar surface area (TPSA) is 35.6 Å². The lowest BCUT2D eigenvalue weighted by molar-refractivity contribution is -0.134. The van der Waals surface area contributed by atoms with Gasteiger partial charge in [-0.2, -0.15) is 0 Å². The number of carbonyl (C=O) groups excluding carboxylic acids is 1. The Morgan fingerprint density at radius 3 is 2.56 bits per heavy atom. The van der Waals surface area contributed by atoms with Gasteiger partial charge in [0.25, 0.3) is 5.91 Å². The van der Waals surface area contributed by atoms with Crippen LogP contribution in [0.25, 0.3) is 0 Å². The Balaban J connectivity index is 1.48. The number of nitrogens with zero attached hydrogens (tertiary/aromatic N) is 2. The molecular weight excluding hydrogens is 334 g/mol. The number of carbonyl (C=O) groups is 1. The minimum Gasteiger partial charge on any atom is -0.311 e. The lowest BCUT2D eigenvalue weighted by atomic mass is 9.99. The highest BCUT2D eigenvalue weighted by molar-refractivity contribution is 5.84. The molecule has 1 fully saturated rings. The first-order valence-electron chi connectivity index (χ1n) is 9.73. The summed E-state index contributed by atoms with van der Waals surface area (Å²) in [5, 5.41) is 1.97. The maximum Gasteiger partial charge on any atom is 0.251 e. The molecule has 2 aliphatic heterocycles. The minimum absolute atomic E-state index is 0.142. The monoisotopic (exact) mass is 361 g/mol. The van der Waals surface area contributed by atoms with Crippen molar-refractivity contribution in [2.75, 3.05) is 0 Å². The van der Waals surface area contributed by atoms with Gasteiger partial charge in [-0.25, -0.2) is 5.43 Å². The van der Waals surface area contributed by atoms with Crippen molar-refractivity contribution >= 4 is 5.91 Å². The zero-order valence-electron chi connectivity index (χ0n) is 16.3. The van der Waals surface area contributed by atoms with Crippen molar-refractivity contribution in [3.8, 4) is 0 Å². The number of hydrogen-bond acceptors (Lipinski definition) is 3. The number of nitrogens with one attached hydrogen (secondary N) is 1. The number of hydrogen-bond donors (Lipinski definition) is 1. The average Bonchev–Trinajstić information content (AvgIpc) is 3.11. The molecule has 0 spiro atoms. The molecule has 2 aliphatic rings. The molecule has 1 amide bonds. The molecule has 2 heterocycles. The zero-order valence-corrected chi connectivity index (χ0v) is 16.3. The van der Waals surface area contributed by atoms with Crippen molar-refractivity contribution < 1.29 is 4.79 Å². The lowest BCUT2D eigenvalue weighted by Gasteiger charge is -2.32. The van der Waals surface area contributed by atoms with E-state index in [2.05, 4.69) is 68.7 Å². The summed E-state index contributed by atoms with van der Waals surface area (Å²) < 4.78 is 0. The van der Waals surface area contributed by atoms with E-state index in [9.17, 15) is 4.79 Å². The molecule has 2 unspecified atom stereocenters. The molecule has 2 atom stereocenters. The quantitative estimate of drug-likeness (QED) is 0.894. The van der Waals surface area contributed by atoms with Crippen molar-refractivity contribution in [3.63, 3.8) is 0 Å². The second-order valence-corrected chi connectivity index (χ2v) is 7.63. The molecule has 1 N–H and O–H groups in total. The molecule has 4 nitrogen and oxygen atoms in total. The Labute approximate surface area is 161 Å². The summed E-state index contributed by atoms with van der Waals surface area (Å²) >= 11 is 0. The van der Waals surface area contributed by atoms with Gasteiger partial charge in [-0.1, -0.05) is 55.0 Å². The van der Waals surface area contributed by atoms with Crippen molar-refractivity contribution in [3.05, 3.63) is 82.7 Å². The van der Waals surface area contributed by atoms with E-state index in [0.29, 0.717) is 6.54 Å². The van der Waals surface area contributed by atoms with E-state index in [-0.39, 0.29) is 18.0 Å². The van der Waals surface area contributed by atoms with E-state index in [0.717, 1.165) is 12.8 Å². The first kappa shape index (κ1) is 17.8. The normalized spacial score (nSPS) is 21.7. The maximum atomic E-state index is 13.1. The Morgan fingerprint density at radius 1 is 1.07 bits per heavy atom. The third kappa shape index (κ3) is 3.50. The second kappa shape index (κ2) is 7.20.